The van der Waals surface area contributed by atoms with Gasteiger partial charge in [0.15, 0.2) is 0 Å². The predicted molar refractivity (Wildman–Crippen MR) is 63.3 cm³/mol. The minimum atomic E-state index is 0.579. The quantitative estimate of drug-likeness (QED) is 0.702. The molecule has 0 bridgehead atoms. The molecule has 1 nitrogen and oxygen atoms in total. The van der Waals surface area contributed by atoms with E-state index in [4.69, 9.17) is 5.26 Å². The smallest absolute Gasteiger partial charge is 0.0633 e. The maximum Gasteiger partial charge on any atom is 0.0633 e. The van der Waals surface area contributed by atoms with Crippen molar-refractivity contribution in [3.63, 3.8) is 0 Å². The molecule has 0 aromatic carbocycles. The van der Waals surface area contributed by atoms with Crippen LogP contribution in [0.4, 0.5) is 0 Å². The summed E-state index contributed by atoms with van der Waals surface area (Å²) in [5.74, 6) is 0.904. The summed E-state index contributed by atoms with van der Waals surface area (Å²) in [7, 11) is 0. The Bertz CT molecular complexity index is 197. The minimum Gasteiger partial charge on any atom is -0.198 e. The second-order valence-electron chi connectivity index (χ2n) is 4.42. The van der Waals surface area contributed by atoms with Crippen molar-refractivity contribution in [1.82, 2.24) is 0 Å². The van der Waals surface area contributed by atoms with Crippen LogP contribution >= 0.6 is 11.8 Å². The molecular weight excluding hydrogens is 190 g/mol. The maximum atomic E-state index is 8.69. The predicted octanol–water partition coefficient (Wildman–Crippen LogP) is 3.99. The van der Waals surface area contributed by atoms with Crippen molar-refractivity contribution in [3.8, 4) is 6.07 Å². The van der Waals surface area contributed by atoms with Gasteiger partial charge in [-0.2, -0.15) is 17.0 Å². The highest BCUT2D eigenvalue weighted by Crippen LogP contribution is 2.35. The Hall–Kier alpha value is -0.160. The van der Waals surface area contributed by atoms with Gasteiger partial charge in [-0.1, -0.05) is 26.7 Å². The summed E-state index contributed by atoms with van der Waals surface area (Å²) < 4.78 is 0. The van der Waals surface area contributed by atoms with E-state index in [1.807, 2.05) is 0 Å². The first-order chi connectivity index (χ1) is 6.76. The summed E-state index contributed by atoms with van der Waals surface area (Å²) >= 11 is 2.07. The first kappa shape index (κ1) is 11.9. The summed E-state index contributed by atoms with van der Waals surface area (Å²) in [5, 5.41) is 10.1. The van der Waals surface area contributed by atoms with E-state index in [1.165, 1.54) is 25.7 Å². The van der Waals surface area contributed by atoms with Crippen LogP contribution in [0.25, 0.3) is 0 Å². The first-order valence-corrected chi connectivity index (χ1v) is 6.73. The van der Waals surface area contributed by atoms with Crippen LogP contribution < -0.4 is 0 Å². The zero-order chi connectivity index (χ0) is 10.4. The van der Waals surface area contributed by atoms with Crippen molar-refractivity contribution >= 4 is 11.8 Å². The van der Waals surface area contributed by atoms with Crippen LogP contribution in [-0.4, -0.2) is 10.5 Å². The van der Waals surface area contributed by atoms with Crippen LogP contribution in [0, 0.1) is 17.2 Å². The van der Waals surface area contributed by atoms with E-state index in [0.717, 1.165) is 24.0 Å². The van der Waals surface area contributed by atoms with Crippen LogP contribution in [0.2, 0.25) is 0 Å². The van der Waals surface area contributed by atoms with Crippen LogP contribution in [-0.2, 0) is 0 Å². The molecule has 1 saturated carbocycles. The fraction of sp³-hybridized carbons (Fsp3) is 0.917. The van der Waals surface area contributed by atoms with E-state index < -0.39 is 0 Å². The highest BCUT2D eigenvalue weighted by Gasteiger charge is 2.21. The van der Waals surface area contributed by atoms with Gasteiger partial charge in [0.05, 0.1) is 6.07 Å². The Balaban J connectivity index is 2.30. The van der Waals surface area contributed by atoms with Gasteiger partial charge < -0.3 is 0 Å². The third-order valence-corrected chi connectivity index (χ3v) is 4.75. The average molecular weight is 211 g/mol. The van der Waals surface area contributed by atoms with E-state index >= 15 is 0 Å². The number of rotatable bonds is 4. The molecule has 3 unspecified atom stereocenters. The van der Waals surface area contributed by atoms with Crippen molar-refractivity contribution in [3.05, 3.63) is 0 Å². The second kappa shape index (κ2) is 6.35. The molecule has 0 aromatic heterocycles. The Morgan fingerprint density at radius 1 is 1.50 bits per heavy atom. The van der Waals surface area contributed by atoms with Gasteiger partial charge in [0.1, 0.15) is 0 Å². The summed E-state index contributed by atoms with van der Waals surface area (Å²) in [6.45, 7) is 4.55. The normalized spacial score (nSPS) is 29.5. The molecule has 1 fully saturated rings. The summed E-state index contributed by atoms with van der Waals surface area (Å²) in [6.07, 6.45) is 7.41. The topological polar surface area (TPSA) is 23.8 Å². The molecule has 0 radical (unpaired) electrons. The number of hydrogen-bond acceptors (Lipinski definition) is 2. The lowest BCUT2D eigenvalue weighted by molar-refractivity contribution is 0.393. The molecule has 0 heterocycles. The average Bonchev–Trinajstić information content (AvgIpc) is 2.17. The van der Waals surface area contributed by atoms with Crippen LogP contribution in [0.3, 0.4) is 0 Å². The number of nitriles is 1. The van der Waals surface area contributed by atoms with E-state index in [2.05, 4.69) is 31.7 Å². The van der Waals surface area contributed by atoms with Crippen molar-refractivity contribution in [2.75, 3.05) is 0 Å². The van der Waals surface area contributed by atoms with Crippen LogP contribution in [0.5, 0.6) is 0 Å². The van der Waals surface area contributed by atoms with Gasteiger partial charge in [0.2, 0.25) is 0 Å². The van der Waals surface area contributed by atoms with Gasteiger partial charge in [-0.15, -0.1) is 0 Å². The third-order valence-electron chi connectivity index (χ3n) is 3.05. The Morgan fingerprint density at radius 2 is 2.29 bits per heavy atom. The molecule has 2 heteroatoms. The van der Waals surface area contributed by atoms with Crippen molar-refractivity contribution in [2.45, 2.75) is 62.9 Å². The summed E-state index contributed by atoms with van der Waals surface area (Å²) in [5.41, 5.74) is 0. The van der Waals surface area contributed by atoms with Crippen molar-refractivity contribution in [1.29, 1.82) is 5.26 Å². The molecule has 0 saturated heterocycles. The molecule has 1 aliphatic rings. The van der Waals surface area contributed by atoms with Gasteiger partial charge in [-0.25, -0.2) is 0 Å². The minimum absolute atomic E-state index is 0.579. The standard InChI is InChI=1S/C12H21NS/c1-3-11(7-8-13)14-12-6-4-5-10(2)9-12/h10-12H,3-7,9H2,1-2H3. The maximum absolute atomic E-state index is 8.69. The molecule has 0 aliphatic heterocycles. The van der Waals surface area contributed by atoms with Gasteiger partial charge >= 0.3 is 0 Å². The van der Waals surface area contributed by atoms with E-state index in [0.29, 0.717) is 5.25 Å². The molecule has 0 spiro atoms. The molecule has 0 aromatic rings. The fourth-order valence-electron chi connectivity index (χ4n) is 2.16. The van der Waals surface area contributed by atoms with Crippen LogP contribution in [0.15, 0.2) is 0 Å². The van der Waals surface area contributed by atoms with Gasteiger partial charge in [-0.3, -0.25) is 0 Å². The fourth-order valence-corrected chi connectivity index (χ4v) is 3.81. The number of nitrogens with zero attached hydrogens (tertiary/aromatic N) is 1. The molecule has 1 aliphatic carbocycles. The van der Waals surface area contributed by atoms with Crippen molar-refractivity contribution in [2.24, 2.45) is 5.92 Å². The lowest BCUT2D eigenvalue weighted by Gasteiger charge is -2.28. The zero-order valence-electron chi connectivity index (χ0n) is 9.33. The van der Waals surface area contributed by atoms with Crippen molar-refractivity contribution < 1.29 is 0 Å². The SMILES string of the molecule is CCC(CC#N)SC1CCCC(C)C1. The highest BCUT2D eigenvalue weighted by atomic mass is 32.2. The van der Waals surface area contributed by atoms with E-state index in [1.54, 1.807) is 0 Å². The molecule has 0 amide bonds. The van der Waals surface area contributed by atoms with Gasteiger partial charge in [0.25, 0.3) is 0 Å². The Kier molecular flexibility index (Phi) is 5.40. The Morgan fingerprint density at radius 3 is 2.86 bits per heavy atom. The van der Waals surface area contributed by atoms with Gasteiger partial charge in [-0.05, 0) is 25.2 Å². The molecule has 0 N–H and O–H groups in total. The van der Waals surface area contributed by atoms with E-state index in [9.17, 15) is 0 Å². The molecule has 80 valence electrons. The van der Waals surface area contributed by atoms with Crippen LogP contribution in [0.1, 0.15) is 52.4 Å². The molecule has 3 atom stereocenters. The van der Waals surface area contributed by atoms with Gasteiger partial charge in [0, 0.05) is 16.9 Å². The number of hydrogen-bond donors (Lipinski definition) is 0. The number of thioether (sulfide) groups is 1. The molecule has 1 rings (SSSR count). The third kappa shape index (κ3) is 3.92. The summed E-state index contributed by atoms with van der Waals surface area (Å²) in [6, 6.07) is 2.30. The zero-order valence-corrected chi connectivity index (χ0v) is 10.1. The monoisotopic (exact) mass is 211 g/mol. The molecular formula is C12H21NS. The largest absolute Gasteiger partial charge is 0.198 e. The van der Waals surface area contributed by atoms with E-state index in [-0.39, 0.29) is 0 Å². The first-order valence-electron chi connectivity index (χ1n) is 5.78. The lowest BCUT2D eigenvalue weighted by atomic mass is 9.91. The highest BCUT2D eigenvalue weighted by molar-refractivity contribution is 8.00. The Labute approximate surface area is 92.3 Å². The lowest BCUT2D eigenvalue weighted by Crippen LogP contribution is -2.18. The second-order valence-corrected chi connectivity index (χ2v) is 6.03. The summed E-state index contributed by atoms with van der Waals surface area (Å²) in [4.78, 5) is 0. The molecule has 14 heavy (non-hydrogen) atoms.